The monoisotopic (exact) mass is 392 g/mol. The maximum atomic E-state index is 6.33. The third-order valence-corrected chi connectivity index (χ3v) is 5.68. The van der Waals surface area contributed by atoms with E-state index >= 15 is 0 Å². The van der Waals surface area contributed by atoms with Gasteiger partial charge in [-0.25, -0.2) is 0 Å². The van der Waals surface area contributed by atoms with Gasteiger partial charge < -0.3 is 15.4 Å². The molecule has 0 bridgehead atoms. The van der Waals surface area contributed by atoms with Gasteiger partial charge in [0, 0.05) is 30.4 Å². The summed E-state index contributed by atoms with van der Waals surface area (Å²) < 4.78 is 5.59. The number of benzene rings is 2. The number of fused-ring (bicyclic) bond motifs is 1. The molecular formula is C22H21ClN4O. The summed E-state index contributed by atoms with van der Waals surface area (Å²) >= 11 is 6.33. The quantitative estimate of drug-likeness (QED) is 0.692. The first-order valence-corrected chi connectivity index (χ1v) is 9.84. The summed E-state index contributed by atoms with van der Waals surface area (Å²) in [5, 5.41) is 8.10. The molecule has 3 aromatic rings. The predicted octanol–water partition coefficient (Wildman–Crippen LogP) is 4.38. The summed E-state index contributed by atoms with van der Waals surface area (Å²) in [5.41, 5.74) is 5.15. The van der Waals surface area contributed by atoms with E-state index in [1.54, 1.807) is 6.20 Å². The van der Waals surface area contributed by atoms with Crippen molar-refractivity contribution < 1.29 is 4.74 Å². The van der Waals surface area contributed by atoms with E-state index in [1.807, 2.05) is 12.1 Å². The van der Waals surface area contributed by atoms with Crippen molar-refractivity contribution in [1.82, 2.24) is 9.88 Å². The molecule has 0 saturated carbocycles. The zero-order valence-corrected chi connectivity index (χ0v) is 16.1. The number of nitrogens with one attached hydrogen (secondary N) is 2. The Labute approximate surface area is 169 Å². The molecule has 2 N–H and O–H groups in total. The van der Waals surface area contributed by atoms with Crippen molar-refractivity contribution in [3.8, 4) is 11.3 Å². The molecule has 1 fully saturated rings. The Bertz CT molecular complexity index is 961. The van der Waals surface area contributed by atoms with E-state index in [0.29, 0.717) is 5.02 Å². The molecule has 2 aliphatic rings. The van der Waals surface area contributed by atoms with Crippen molar-refractivity contribution in [1.29, 1.82) is 0 Å². The lowest BCUT2D eigenvalue weighted by molar-refractivity contribution is -0.00379. The summed E-state index contributed by atoms with van der Waals surface area (Å²) in [6.45, 7) is 3.15. The molecule has 0 aliphatic carbocycles. The van der Waals surface area contributed by atoms with Crippen LogP contribution in [0.2, 0.25) is 5.02 Å². The van der Waals surface area contributed by atoms with Gasteiger partial charge in [0.15, 0.2) is 5.79 Å². The first kappa shape index (κ1) is 17.5. The van der Waals surface area contributed by atoms with Crippen molar-refractivity contribution in [2.75, 3.05) is 36.9 Å². The number of nitrogens with zero attached hydrogens (tertiary/aromatic N) is 2. The molecule has 0 atom stereocenters. The van der Waals surface area contributed by atoms with Gasteiger partial charge in [0.05, 0.1) is 35.3 Å². The van der Waals surface area contributed by atoms with Crippen molar-refractivity contribution in [2.45, 2.75) is 5.79 Å². The number of hydrogen-bond donors (Lipinski definition) is 2. The number of ether oxygens (including phenoxy) is 1. The zero-order chi connectivity index (χ0) is 19.0. The van der Waals surface area contributed by atoms with Crippen LogP contribution in [0.25, 0.3) is 11.3 Å². The number of aromatic nitrogens is 1. The Morgan fingerprint density at radius 2 is 1.57 bits per heavy atom. The summed E-state index contributed by atoms with van der Waals surface area (Å²) in [7, 11) is 0. The van der Waals surface area contributed by atoms with Crippen molar-refractivity contribution in [2.24, 2.45) is 0 Å². The average molecular weight is 393 g/mol. The molecule has 0 unspecified atom stereocenters. The minimum absolute atomic E-state index is 0.500. The Morgan fingerprint density at radius 3 is 2.21 bits per heavy atom. The highest BCUT2D eigenvalue weighted by molar-refractivity contribution is 6.33. The maximum Gasteiger partial charge on any atom is 0.194 e. The first-order valence-electron chi connectivity index (χ1n) is 9.46. The molecule has 0 spiro atoms. The van der Waals surface area contributed by atoms with Gasteiger partial charge in [-0.2, -0.15) is 0 Å². The molecule has 0 radical (unpaired) electrons. The van der Waals surface area contributed by atoms with Gasteiger partial charge >= 0.3 is 0 Å². The minimum Gasteiger partial charge on any atom is -0.379 e. The highest BCUT2D eigenvalue weighted by Gasteiger charge is 2.43. The summed E-state index contributed by atoms with van der Waals surface area (Å²) in [4.78, 5) is 6.83. The third kappa shape index (κ3) is 2.92. The van der Waals surface area contributed by atoms with E-state index in [2.05, 4.69) is 69.0 Å². The molecule has 28 heavy (non-hydrogen) atoms. The largest absolute Gasteiger partial charge is 0.379 e. The Kier molecular flexibility index (Phi) is 4.43. The SMILES string of the molecule is Clc1cccnc1-c1ccc(C2(N3CCOCC3)Nc3ccccc3N2)cc1. The van der Waals surface area contributed by atoms with Crippen LogP contribution < -0.4 is 10.6 Å². The van der Waals surface area contributed by atoms with Crippen LogP contribution in [-0.2, 0) is 10.5 Å². The fourth-order valence-corrected chi connectivity index (χ4v) is 4.20. The number of pyridine rings is 1. The summed E-state index contributed by atoms with van der Waals surface area (Å²) in [6, 6.07) is 20.5. The molecule has 6 heteroatoms. The second kappa shape index (κ2) is 7.09. The van der Waals surface area contributed by atoms with Gasteiger partial charge in [-0.05, 0) is 24.3 Å². The highest BCUT2D eigenvalue weighted by Crippen LogP contribution is 2.42. The molecule has 0 amide bonds. The molecule has 5 rings (SSSR count). The van der Waals surface area contributed by atoms with Crippen molar-refractivity contribution in [3.63, 3.8) is 0 Å². The van der Waals surface area contributed by atoms with E-state index in [-0.39, 0.29) is 0 Å². The molecule has 1 saturated heterocycles. The molecule has 2 aromatic carbocycles. The van der Waals surface area contributed by atoms with E-state index in [0.717, 1.165) is 54.5 Å². The Morgan fingerprint density at radius 1 is 0.893 bits per heavy atom. The van der Waals surface area contributed by atoms with Gasteiger partial charge in [-0.3, -0.25) is 9.88 Å². The summed E-state index contributed by atoms with van der Waals surface area (Å²) in [6.07, 6.45) is 1.76. The van der Waals surface area contributed by atoms with Gasteiger partial charge in [0.2, 0.25) is 0 Å². The summed E-state index contributed by atoms with van der Waals surface area (Å²) in [5.74, 6) is -0.500. The molecule has 5 nitrogen and oxygen atoms in total. The van der Waals surface area contributed by atoms with Crippen molar-refractivity contribution >= 4 is 23.0 Å². The average Bonchev–Trinajstić information content (AvgIpc) is 3.16. The fourth-order valence-electron chi connectivity index (χ4n) is 3.97. The van der Waals surface area contributed by atoms with Crippen molar-refractivity contribution in [3.05, 3.63) is 77.4 Å². The standard InChI is InChI=1S/C22H21ClN4O/c23-18-4-3-11-24-21(18)16-7-9-17(10-8-16)22(27-12-14-28-15-13-27)25-19-5-1-2-6-20(19)26-22/h1-11,25-26H,12-15H2. The molecule has 142 valence electrons. The van der Waals surface area contributed by atoms with Crippen LogP contribution in [0.5, 0.6) is 0 Å². The van der Waals surface area contributed by atoms with Crippen LogP contribution in [0.15, 0.2) is 66.9 Å². The van der Waals surface area contributed by atoms with Crippen LogP contribution in [-0.4, -0.2) is 36.2 Å². The second-order valence-corrected chi connectivity index (χ2v) is 7.42. The number of rotatable bonds is 3. The topological polar surface area (TPSA) is 49.4 Å². The predicted molar refractivity (Wildman–Crippen MR) is 112 cm³/mol. The second-order valence-electron chi connectivity index (χ2n) is 7.02. The van der Waals surface area contributed by atoms with Gasteiger partial charge in [0.25, 0.3) is 0 Å². The fraction of sp³-hybridized carbons (Fsp3) is 0.227. The molecule has 3 heterocycles. The van der Waals surface area contributed by atoms with Gasteiger partial charge in [-0.1, -0.05) is 48.0 Å². The number of halogens is 1. The number of morpholine rings is 1. The Balaban J connectivity index is 1.54. The number of hydrogen-bond acceptors (Lipinski definition) is 5. The third-order valence-electron chi connectivity index (χ3n) is 5.38. The molecule has 1 aromatic heterocycles. The molecular weight excluding hydrogens is 372 g/mol. The first-order chi connectivity index (χ1) is 13.8. The van der Waals surface area contributed by atoms with Crippen LogP contribution in [0.4, 0.5) is 11.4 Å². The lowest BCUT2D eigenvalue weighted by Gasteiger charge is -2.43. The van der Waals surface area contributed by atoms with Crippen LogP contribution in [0.3, 0.4) is 0 Å². The smallest absolute Gasteiger partial charge is 0.194 e. The normalized spacial score (nSPS) is 18.2. The van der Waals surface area contributed by atoms with Crippen LogP contribution in [0.1, 0.15) is 5.56 Å². The van der Waals surface area contributed by atoms with E-state index in [9.17, 15) is 0 Å². The maximum absolute atomic E-state index is 6.33. The lowest BCUT2D eigenvalue weighted by atomic mass is 10.0. The highest BCUT2D eigenvalue weighted by atomic mass is 35.5. The van der Waals surface area contributed by atoms with E-state index in [1.165, 1.54) is 0 Å². The molecule has 2 aliphatic heterocycles. The lowest BCUT2D eigenvalue weighted by Crippen LogP contribution is -2.58. The van der Waals surface area contributed by atoms with Gasteiger partial charge in [-0.15, -0.1) is 0 Å². The van der Waals surface area contributed by atoms with Gasteiger partial charge in [0.1, 0.15) is 0 Å². The van der Waals surface area contributed by atoms with E-state index in [4.69, 9.17) is 16.3 Å². The number of anilines is 2. The van der Waals surface area contributed by atoms with Crippen LogP contribution in [0, 0.1) is 0 Å². The number of para-hydroxylation sites is 2. The van der Waals surface area contributed by atoms with Crippen LogP contribution >= 0.6 is 11.6 Å². The Hall–Kier alpha value is -2.60. The van der Waals surface area contributed by atoms with E-state index < -0.39 is 5.79 Å². The minimum atomic E-state index is -0.500. The zero-order valence-electron chi connectivity index (χ0n) is 15.4.